The molecular formula is C15H14BrNO3S. The van der Waals surface area contributed by atoms with E-state index in [-0.39, 0.29) is 11.7 Å². The topological polar surface area (TPSA) is 59.4 Å². The van der Waals surface area contributed by atoms with Crippen LogP contribution in [0.15, 0.2) is 50.9 Å². The van der Waals surface area contributed by atoms with Crippen LogP contribution in [0.3, 0.4) is 0 Å². The van der Waals surface area contributed by atoms with Crippen LogP contribution in [0.1, 0.15) is 24.2 Å². The Bertz CT molecular complexity index is 661. The van der Waals surface area contributed by atoms with Gasteiger partial charge in [-0.15, -0.1) is 0 Å². The molecule has 0 saturated heterocycles. The summed E-state index contributed by atoms with van der Waals surface area (Å²) < 4.78 is 6.52. The van der Waals surface area contributed by atoms with Gasteiger partial charge in [-0.1, -0.05) is 27.7 Å². The highest BCUT2D eigenvalue weighted by atomic mass is 79.9. The summed E-state index contributed by atoms with van der Waals surface area (Å²) in [6, 6.07) is 8.66. The lowest BCUT2D eigenvalue weighted by molar-refractivity contribution is 0.0693. The fourth-order valence-corrected chi connectivity index (χ4v) is 3.16. The number of carbonyl (C=O) groups is 1. The maximum atomic E-state index is 11.3. The SMILES string of the molecule is CC(C)Oc1cccnc1Sc1cc(Br)ccc1C(=O)O. The first-order valence-corrected chi connectivity index (χ1v) is 7.90. The predicted molar refractivity (Wildman–Crippen MR) is 85.2 cm³/mol. The third-order valence-electron chi connectivity index (χ3n) is 2.48. The molecule has 0 atom stereocenters. The molecule has 6 heteroatoms. The smallest absolute Gasteiger partial charge is 0.336 e. The van der Waals surface area contributed by atoms with Crippen LogP contribution in [0.25, 0.3) is 0 Å². The summed E-state index contributed by atoms with van der Waals surface area (Å²) in [5.74, 6) is -0.318. The van der Waals surface area contributed by atoms with Gasteiger partial charge in [0.25, 0.3) is 0 Å². The Morgan fingerprint density at radius 2 is 2.14 bits per heavy atom. The fraction of sp³-hybridized carbons (Fsp3) is 0.200. The molecule has 1 aromatic carbocycles. The highest BCUT2D eigenvalue weighted by molar-refractivity contribution is 9.10. The van der Waals surface area contributed by atoms with E-state index in [4.69, 9.17) is 4.74 Å². The first kappa shape index (κ1) is 15.9. The van der Waals surface area contributed by atoms with Crippen molar-refractivity contribution in [1.82, 2.24) is 4.98 Å². The molecule has 1 aromatic heterocycles. The summed E-state index contributed by atoms with van der Waals surface area (Å²) in [5, 5.41) is 9.91. The van der Waals surface area contributed by atoms with Crippen molar-refractivity contribution in [2.45, 2.75) is 29.9 Å². The molecule has 21 heavy (non-hydrogen) atoms. The fourth-order valence-electron chi connectivity index (χ4n) is 1.66. The number of pyridine rings is 1. The van der Waals surface area contributed by atoms with Crippen molar-refractivity contribution in [2.75, 3.05) is 0 Å². The molecule has 4 nitrogen and oxygen atoms in total. The molecule has 2 rings (SSSR count). The van der Waals surface area contributed by atoms with E-state index >= 15 is 0 Å². The van der Waals surface area contributed by atoms with Gasteiger partial charge in [-0.25, -0.2) is 9.78 Å². The summed E-state index contributed by atoms with van der Waals surface area (Å²) in [5.41, 5.74) is 0.240. The number of benzene rings is 1. The van der Waals surface area contributed by atoms with Gasteiger partial charge < -0.3 is 9.84 Å². The summed E-state index contributed by atoms with van der Waals surface area (Å²) >= 11 is 4.64. The van der Waals surface area contributed by atoms with Gasteiger partial charge in [0.15, 0.2) is 5.75 Å². The lowest BCUT2D eigenvalue weighted by Gasteiger charge is -2.13. The molecule has 0 aliphatic rings. The van der Waals surface area contributed by atoms with Gasteiger partial charge >= 0.3 is 5.97 Å². The van der Waals surface area contributed by atoms with Crippen molar-refractivity contribution in [2.24, 2.45) is 0 Å². The highest BCUT2D eigenvalue weighted by Crippen LogP contribution is 2.36. The minimum absolute atomic E-state index is 0.0232. The number of aromatic nitrogens is 1. The van der Waals surface area contributed by atoms with E-state index in [1.165, 1.54) is 11.8 Å². The maximum Gasteiger partial charge on any atom is 0.336 e. The van der Waals surface area contributed by atoms with Crippen molar-refractivity contribution in [3.63, 3.8) is 0 Å². The molecule has 0 radical (unpaired) electrons. The molecule has 1 heterocycles. The van der Waals surface area contributed by atoms with Crippen molar-refractivity contribution < 1.29 is 14.6 Å². The largest absolute Gasteiger partial charge is 0.488 e. The average Bonchev–Trinajstić information content (AvgIpc) is 2.40. The summed E-state index contributed by atoms with van der Waals surface area (Å²) in [6.07, 6.45) is 1.68. The summed E-state index contributed by atoms with van der Waals surface area (Å²) in [4.78, 5) is 16.2. The molecule has 0 amide bonds. The monoisotopic (exact) mass is 367 g/mol. The van der Waals surface area contributed by atoms with Gasteiger partial charge in [0, 0.05) is 15.6 Å². The molecule has 0 bridgehead atoms. The number of carboxylic acid groups (broad SMARTS) is 1. The molecular weight excluding hydrogens is 354 g/mol. The second-order valence-electron chi connectivity index (χ2n) is 4.52. The van der Waals surface area contributed by atoms with Gasteiger partial charge in [-0.2, -0.15) is 0 Å². The Labute approximate surface area is 135 Å². The van der Waals surface area contributed by atoms with Crippen LogP contribution < -0.4 is 4.74 Å². The van der Waals surface area contributed by atoms with Crippen LogP contribution in [0, 0.1) is 0 Å². The van der Waals surface area contributed by atoms with Crippen molar-refractivity contribution in [3.8, 4) is 5.75 Å². The maximum absolute atomic E-state index is 11.3. The molecule has 1 N–H and O–H groups in total. The summed E-state index contributed by atoms with van der Waals surface area (Å²) in [7, 11) is 0. The zero-order chi connectivity index (χ0) is 15.4. The molecule has 0 spiro atoms. The highest BCUT2D eigenvalue weighted by Gasteiger charge is 2.15. The second kappa shape index (κ2) is 6.95. The van der Waals surface area contributed by atoms with E-state index in [1.807, 2.05) is 19.9 Å². The molecule has 0 fully saturated rings. The van der Waals surface area contributed by atoms with E-state index in [0.717, 1.165) is 4.47 Å². The van der Waals surface area contributed by atoms with Crippen LogP contribution in [0.4, 0.5) is 0 Å². The Kier molecular flexibility index (Phi) is 5.25. The van der Waals surface area contributed by atoms with E-state index in [0.29, 0.717) is 15.7 Å². The number of rotatable bonds is 5. The zero-order valence-electron chi connectivity index (χ0n) is 11.5. The molecule has 2 aromatic rings. The van der Waals surface area contributed by atoms with Crippen molar-refractivity contribution >= 4 is 33.7 Å². The van der Waals surface area contributed by atoms with Crippen LogP contribution in [-0.2, 0) is 0 Å². The third kappa shape index (κ3) is 4.22. The predicted octanol–water partition coefficient (Wildman–Crippen LogP) is 4.48. The normalized spacial score (nSPS) is 10.7. The van der Waals surface area contributed by atoms with Gasteiger partial charge in [-0.05, 0) is 44.2 Å². The number of hydrogen-bond donors (Lipinski definition) is 1. The van der Waals surface area contributed by atoms with E-state index in [9.17, 15) is 9.90 Å². The molecule has 0 aliphatic heterocycles. The van der Waals surface area contributed by atoms with Crippen LogP contribution in [0.5, 0.6) is 5.75 Å². The van der Waals surface area contributed by atoms with Crippen LogP contribution in [-0.4, -0.2) is 22.2 Å². The Morgan fingerprint density at radius 3 is 2.81 bits per heavy atom. The number of ether oxygens (including phenoxy) is 1. The molecule has 0 aliphatic carbocycles. The van der Waals surface area contributed by atoms with E-state index in [1.54, 1.807) is 30.5 Å². The number of nitrogens with zero attached hydrogens (tertiary/aromatic N) is 1. The third-order valence-corrected chi connectivity index (χ3v) is 4.03. The van der Waals surface area contributed by atoms with Gasteiger partial charge in [0.05, 0.1) is 11.7 Å². The number of halogens is 1. The number of aromatic carboxylic acids is 1. The Morgan fingerprint density at radius 1 is 1.38 bits per heavy atom. The molecule has 110 valence electrons. The lowest BCUT2D eigenvalue weighted by atomic mass is 10.2. The summed E-state index contributed by atoms with van der Waals surface area (Å²) in [6.45, 7) is 3.87. The molecule has 0 saturated carbocycles. The molecule has 0 unspecified atom stereocenters. The van der Waals surface area contributed by atoms with Crippen LogP contribution in [0.2, 0.25) is 0 Å². The second-order valence-corrected chi connectivity index (χ2v) is 6.47. The van der Waals surface area contributed by atoms with Crippen molar-refractivity contribution in [1.29, 1.82) is 0 Å². The minimum Gasteiger partial charge on any atom is -0.488 e. The number of carboxylic acids is 1. The quantitative estimate of drug-likeness (QED) is 0.843. The van der Waals surface area contributed by atoms with Gasteiger partial charge in [-0.3, -0.25) is 0 Å². The van der Waals surface area contributed by atoms with Crippen LogP contribution >= 0.6 is 27.7 Å². The van der Waals surface area contributed by atoms with E-state index < -0.39 is 5.97 Å². The standard InChI is InChI=1S/C15H14BrNO3S/c1-9(2)20-12-4-3-7-17-14(12)21-13-8-10(16)5-6-11(13)15(18)19/h3-9H,1-2H3,(H,18,19). The zero-order valence-corrected chi connectivity index (χ0v) is 13.9. The first-order chi connectivity index (χ1) is 9.97. The van der Waals surface area contributed by atoms with E-state index in [2.05, 4.69) is 20.9 Å². The lowest BCUT2D eigenvalue weighted by Crippen LogP contribution is -2.07. The average molecular weight is 368 g/mol. The minimum atomic E-state index is -0.966. The van der Waals surface area contributed by atoms with Gasteiger partial charge in [0.1, 0.15) is 5.03 Å². The Hall–Kier alpha value is -1.53. The number of hydrogen-bond acceptors (Lipinski definition) is 4. The van der Waals surface area contributed by atoms with Crippen molar-refractivity contribution in [3.05, 3.63) is 46.6 Å². The van der Waals surface area contributed by atoms with Gasteiger partial charge in [0.2, 0.25) is 0 Å². The first-order valence-electron chi connectivity index (χ1n) is 6.29. The Balaban J connectivity index is 2.38.